The number of fused-ring (bicyclic) bond motifs is 1. The van der Waals surface area contributed by atoms with E-state index in [0.717, 1.165) is 42.4 Å². The number of aromatic nitrogens is 4. The van der Waals surface area contributed by atoms with Crippen molar-refractivity contribution in [3.63, 3.8) is 0 Å². The Morgan fingerprint density at radius 3 is 2.78 bits per heavy atom. The van der Waals surface area contributed by atoms with Crippen LogP contribution in [0.2, 0.25) is 5.28 Å². The largest absolute Gasteiger partial charge is 0.393 e. The zero-order valence-electron chi connectivity index (χ0n) is 10.2. The van der Waals surface area contributed by atoms with E-state index in [-0.39, 0.29) is 11.4 Å². The summed E-state index contributed by atoms with van der Waals surface area (Å²) < 4.78 is 1.95. The van der Waals surface area contributed by atoms with Crippen LogP contribution in [-0.4, -0.2) is 31.0 Å². The lowest BCUT2D eigenvalue weighted by Crippen LogP contribution is -2.22. The molecule has 1 aliphatic carbocycles. The number of halogens is 1. The van der Waals surface area contributed by atoms with E-state index in [1.165, 1.54) is 0 Å². The highest BCUT2D eigenvalue weighted by Crippen LogP contribution is 2.31. The number of nitrogens with zero attached hydrogens (tertiary/aromatic N) is 4. The van der Waals surface area contributed by atoms with Gasteiger partial charge in [-0.25, -0.2) is 9.67 Å². The summed E-state index contributed by atoms with van der Waals surface area (Å²) in [5.74, 6) is 0. The third-order valence-electron chi connectivity index (χ3n) is 3.62. The highest BCUT2D eigenvalue weighted by atomic mass is 35.5. The smallest absolute Gasteiger partial charge is 0.224 e. The van der Waals surface area contributed by atoms with Crippen LogP contribution in [-0.2, 0) is 0 Å². The van der Waals surface area contributed by atoms with E-state index in [4.69, 9.17) is 11.6 Å². The van der Waals surface area contributed by atoms with Gasteiger partial charge in [0.2, 0.25) is 5.28 Å². The molecule has 0 atom stereocenters. The predicted molar refractivity (Wildman–Crippen MR) is 68.6 cm³/mol. The molecule has 5 nitrogen and oxygen atoms in total. The number of aliphatic hydroxyl groups is 1. The van der Waals surface area contributed by atoms with Gasteiger partial charge in [-0.1, -0.05) is 0 Å². The lowest BCUT2D eigenvalue weighted by Gasteiger charge is -2.25. The molecule has 0 radical (unpaired) electrons. The monoisotopic (exact) mass is 266 g/mol. The first-order valence-corrected chi connectivity index (χ1v) is 6.58. The van der Waals surface area contributed by atoms with Gasteiger partial charge in [-0.2, -0.15) is 10.1 Å². The maximum atomic E-state index is 9.56. The second-order valence-electron chi connectivity index (χ2n) is 4.87. The Kier molecular flexibility index (Phi) is 2.95. The van der Waals surface area contributed by atoms with Crippen molar-refractivity contribution < 1.29 is 5.11 Å². The average Bonchev–Trinajstić information content (AvgIpc) is 2.67. The maximum Gasteiger partial charge on any atom is 0.224 e. The Balaban J connectivity index is 2.03. The Bertz CT molecular complexity index is 575. The van der Waals surface area contributed by atoms with Crippen molar-refractivity contribution in [3.05, 3.63) is 17.2 Å². The minimum Gasteiger partial charge on any atom is -0.393 e. The molecule has 1 saturated carbocycles. The van der Waals surface area contributed by atoms with Crippen LogP contribution in [0.25, 0.3) is 11.0 Å². The zero-order valence-corrected chi connectivity index (χ0v) is 10.9. The van der Waals surface area contributed by atoms with Crippen LogP contribution in [0.1, 0.15) is 37.4 Å². The van der Waals surface area contributed by atoms with E-state index in [0.29, 0.717) is 6.04 Å². The van der Waals surface area contributed by atoms with E-state index in [2.05, 4.69) is 15.1 Å². The van der Waals surface area contributed by atoms with Crippen LogP contribution in [0, 0.1) is 6.92 Å². The molecular formula is C12H15ClN4O. The molecule has 3 rings (SSSR count). The van der Waals surface area contributed by atoms with Crippen molar-refractivity contribution >= 4 is 22.6 Å². The molecular weight excluding hydrogens is 252 g/mol. The van der Waals surface area contributed by atoms with Gasteiger partial charge in [-0.05, 0) is 44.2 Å². The van der Waals surface area contributed by atoms with Gasteiger partial charge < -0.3 is 5.11 Å². The Labute approximate surface area is 110 Å². The third kappa shape index (κ3) is 1.97. The molecule has 6 heteroatoms. The fourth-order valence-electron chi connectivity index (χ4n) is 2.60. The number of aliphatic hydroxyl groups excluding tert-OH is 1. The predicted octanol–water partition coefficient (Wildman–Crippen LogP) is 2.26. The molecule has 1 fully saturated rings. The average molecular weight is 267 g/mol. The first-order chi connectivity index (χ1) is 8.65. The van der Waals surface area contributed by atoms with Crippen molar-refractivity contribution in [1.29, 1.82) is 0 Å². The Hall–Kier alpha value is -1.20. The molecule has 1 N–H and O–H groups in total. The van der Waals surface area contributed by atoms with Gasteiger partial charge in [-0.15, -0.1) is 0 Å². The van der Waals surface area contributed by atoms with Crippen LogP contribution in [0.5, 0.6) is 0 Å². The summed E-state index contributed by atoms with van der Waals surface area (Å²) in [6, 6.07) is 0.301. The lowest BCUT2D eigenvalue weighted by molar-refractivity contribution is 0.109. The Morgan fingerprint density at radius 2 is 2.06 bits per heavy atom. The summed E-state index contributed by atoms with van der Waals surface area (Å²) in [5, 5.41) is 15.3. The molecule has 1 aliphatic rings. The molecule has 2 aromatic rings. The summed E-state index contributed by atoms with van der Waals surface area (Å²) in [6.07, 6.45) is 5.06. The standard InChI is InChI=1S/C12H15ClN4O/c1-7-10-6-14-12(13)15-11(10)17(16-7)8-2-4-9(18)5-3-8/h6,8-9,18H,2-5H2,1H3/t8-,9-. The van der Waals surface area contributed by atoms with Crippen LogP contribution < -0.4 is 0 Å². The molecule has 0 bridgehead atoms. The molecule has 96 valence electrons. The molecule has 0 spiro atoms. The van der Waals surface area contributed by atoms with Crippen molar-refractivity contribution in [2.75, 3.05) is 0 Å². The summed E-state index contributed by atoms with van der Waals surface area (Å²) in [5.41, 5.74) is 1.72. The van der Waals surface area contributed by atoms with Gasteiger partial charge in [0.15, 0.2) is 5.65 Å². The number of hydrogen-bond acceptors (Lipinski definition) is 4. The topological polar surface area (TPSA) is 63.8 Å². The molecule has 0 aliphatic heterocycles. The van der Waals surface area contributed by atoms with Gasteiger partial charge in [0.25, 0.3) is 0 Å². The third-order valence-corrected chi connectivity index (χ3v) is 3.80. The van der Waals surface area contributed by atoms with Gasteiger partial charge >= 0.3 is 0 Å². The molecule has 2 heterocycles. The van der Waals surface area contributed by atoms with Crippen molar-refractivity contribution in [2.45, 2.75) is 44.8 Å². The summed E-state index contributed by atoms with van der Waals surface area (Å²) in [4.78, 5) is 8.28. The van der Waals surface area contributed by atoms with Crippen LogP contribution in [0.4, 0.5) is 0 Å². The van der Waals surface area contributed by atoms with Gasteiger partial charge in [0, 0.05) is 6.20 Å². The first kappa shape index (κ1) is 11.9. The van der Waals surface area contributed by atoms with Crippen LogP contribution in [0.15, 0.2) is 6.20 Å². The van der Waals surface area contributed by atoms with Crippen molar-refractivity contribution in [3.8, 4) is 0 Å². The quantitative estimate of drug-likeness (QED) is 0.804. The SMILES string of the molecule is Cc1nn([C@H]2CC[C@H](O)CC2)c2nc(Cl)ncc12. The summed E-state index contributed by atoms with van der Waals surface area (Å²) in [7, 11) is 0. The molecule has 2 aromatic heterocycles. The van der Waals surface area contributed by atoms with E-state index < -0.39 is 0 Å². The normalized spacial score (nSPS) is 24.6. The van der Waals surface area contributed by atoms with E-state index >= 15 is 0 Å². The molecule has 0 amide bonds. The van der Waals surface area contributed by atoms with Crippen LogP contribution in [0.3, 0.4) is 0 Å². The Morgan fingerprint density at radius 1 is 1.33 bits per heavy atom. The second-order valence-corrected chi connectivity index (χ2v) is 5.21. The minimum absolute atomic E-state index is 0.164. The van der Waals surface area contributed by atoms with E-state index in [1.54, 1.807) is 6.20 Å². The summed E-state index contributed by atoms with van der Waals surface area (Å²) in [6.45, 7) is 1.95. The zero-order chi connectivity index (χ0) is 12.7. The molecule has 0 unspecified atom stereocenters. The fraction of sp³-hybridized carbons (Fsp3) is 0.583. The number of hydrogen-bond donors (Lipinski definition) is 1. The van der Waals surface area contributed by atoms with E-state index in [1.807, 2.05) is 11.6 Å². The highest BCUT2D eigenvalue weighted by molar-refractivity contribution is 6.28. The van der Waals surface area contributed by atoms with Gasteiger partial charge in [0.1, 0.15) is 0 Å². The second kappa shape index (κ2) is 4.48. The van der Waals surface area contributed by atoms with Gasteiger partial charge in [-0.3, -0.25) is 0 Å². The van der Waals surface area contributed by atoms with Crippen LogP contribution >= 0.6 is 11.6 Å². The minimum atomic E-state index is -0.164. The number of aryl methyl sites for hydroxylation is 1. The maximum absolute atomic E-state index is 9.56. The summed E-state index contributed by atoms with van der Waals surface area (Å²) >= 11 is 5.86. The van der Waals surface area contributed by atoms with Crippen molar-refractivity contribution in [2.24, 2.45) is 0 Å². The fourth-order valence-corrected chi connectivity index (χ4v) is 2.73. The van der Waals surface area contributed by atoms with Crippen molar-refractivity contribution in [1.82, 2.24) is 19.7 Å². The first-order valence-electron chi connectivity index (χ1n) is 6.20. The van der Waals surface area contributed by atoms with E-state index in [9.17, 15) is 5.11 Å². The highest BCUT2D eigenvalue weighted by Gasteiger charge is 2.24. The molecule has 18 heavy (non-hydrogen) atoms. The number of rotatable bonds is 1. The van der Waals surface area contributed by atoms with Gasteiger partial charge in [0.05, 0.1) is 23.2 Å². The molecule has 0 saturated heterocycles. The lowest BCUT2D eigenvalue weighted by atomic mass is 9.93. The molecule has 0 aromatic carbocycles.